The molecule has 0 bridgehead atoms. The van der Waals surface area contributed by atoms with Crippen molar-refractivity contribution in [2.45, 2.75) is 32.4 Å². The molecule has 3 heteroatoms. The van der Waals surface area contributed by atoms with E-state index >= 15 is 0 Å². The summed E-state index contributed by atoms with van der Waals surface area (Å²) in [6, 6.07) is 0. The number of hydrogen-bond donors (Lipinski definition) is 0. The largest absolute Gasteiger partial charge is 0.376 e. The fourth-order valence-corrected chi connectivity index (χ4v) is 1.42. The maximum atomic E-state index is 10.8. The fraction of sp³-hybridized carbons (Fsp3) is 0.889. The van der Waals surface area contributed by atoms with Gasteiger partial charge in [-0.25, -0.2) is 0 Å². The second-order valence-corrected chi connectivity index (χ2v) is 3.90. The van der Waals surface area contributed by atoms with E-state index in [9.17, 15) is 4.79 Å². The first-order chi connectivity index (χ1) is 5.56. The van der Waals surface area contributed by atoms with E-state index in [4.69, 9.17) is 4.74 Å². The Kier molecular flexibility index (Phi) is 2.85. The van der Waals surface area contributed by atoms with Gasteiger partial charge in [-0.2, -0.15) is 0 Å². The highest BCUT2D eigenvalue weighted by Crippen LogP contribution is 2.15. The molecule has 0 aliphatic carbocycles. The zero-order valence-electron chi connectivity index (χ0n) is 8.04. The summed E-state index contributed by atoms with van der Waals surface area (Å²) in [5.41, 5.74) is -0.335. The van der Waals surface area contributed by atoms with Gasteiger partial charge in [0.1, 0.15) is 6.29 Å². The van der Waals surface area contributed by atoms with Crippen LogP contribution in [0.4, 0.5) is 0 Å². The van der Waals surface area contributed by atoms with Crippen LogP contribution >= 0.6 is 0 Å². The summed E-state index contributed by atoms with van der Waals surface area (Å²) < 4.78 is 5.39. The van der Waals surface area contributed by atoms with E-state index in [-0.39, 0.29) is 11.6 Å². The van der Waals surface area contributed by atoms with Crippen molar-refractivity contribution >= 4 is 6.29 Å². The van der Waals surface area contributed by atoms with Crippen molar-refractivity contribution in [3.8, 4) is 0 Å². The molecule has 0 aromatic rings. The molecule has 1 aliphatic rings. The van der Waals surface area contributed by atoms with Gasteiger partial charge in [-0.15, -0.1) is 0 Å². The van der Waals surface area contributed by atoms with Crippen molar-refractivity contribution in [3.05, 3.63) is 0 Å². The molecule has 0 spiro atoms. The lowest BCUT2D eigenvalue weighted by Gasteiger charge is -2.39. The molecule has 12 heavy (non-hydrogen) atoms. The van der Waals surface area contributed by atoms with Crippen LogP contribution in [0.1, 0.15) is 20.8 Å². The van der Waals surface area contributed by atoms with E-state index in [1.807, 2.05) is 20.8 Å². The third-order valence-electron chi connectivity index (χ3n) is 2.34. The van der Waals surface area contributed by atoms with Gasteiger partial charge >= 0.3 is 0 Å². The molecule has 0 aromatic carbocycles. The van der Waals surface area contributed by atoms with Gasteiger partial charge in [-0.3, -0.25) is 4.90 Å². The first-order valence-corrected chi connectivity index (χ1v) is 4.39. The third-order valence-corrected chi connectivity index (χ3v) is 2.34. The van der Waals surface area contributed by atoms with Gasteiger partial charge in [0.15, 0.2) is 0 Å². The van der Waals surface area contributed by atoms with E-state index in [0.717, 1.165) is 26.0 Å². The van der Waals surface area contributed by atoms with Crippen LogP contribution in [-0.4, -0.2) is 42.5 Å². The standard InChI is InChI=1S/C9H17NO2/c1-8-6-10(4-5-12-8)9(2,3)7-11/h7-8H,4-6H2,1-3H3/t8-/m1/s1. The number of rotatable bonds is 2. The van der Waals surface area contributed by atoms with Gasteiger partial charge in [0, 0.05) is 13.1 Å². The summed E-state index contributed by atoms with van der Waals surface area (Å²) in [6.45, 7) is 8.36. The highest BCUT2D eigenvalue weighted by molar-refractivity contribution is 5.62. The number of morpholine rings is 1. The summed E-state index contributed by atoms with van der Waals surface area (Å²) in [5, 5.41) is 0. The van der Waals surface area contributed by atoms with Gasteiger partial charge in [-0.1, -0.05) is 0 Å². The Morgan fingerprint density at radius 2 is 2.25 bits per heavy atom. The number of aldehydes is 1. The van der Waals surface area contributed by atoms with Crippen LogP contribution in [0, 0.1) is 0 Å². The van der Waals surface area contributed by atoms with E-state index < -0.39 is 0 Å². The van der Waals surface area contributed by atoms with E-state index in [1.165, 1.54) is 0 Å². The Labute approximate surface area is 73.7 Å². The second-order valence-electron chi connectivity index (χ2n) is 3.90. The third kappa shape index (κ3) is 2.05. The zero-order chi connectivity index (χ0) is 9.19. The first kappa shape index (κ1) is 9.68. The van der Waals surface area contributed by atoms with E-state index in [0.29, 0.717) is 0 Å². The highest BCUT2D eigenvalue weighted by atomic mass is 16.5. The maximum Gasteiger partial charge on any atom is 0.139 e. The topological polar surface area (TPSA) is 29.5 Å². The van der Waals surface area contributed by atoms with Gasteiger partial charge in [0.2, 0.25) is 0 Å². The number of carbonyl (C=O) groups is 1. The van der Waals surface area contributed by atoms with Crippen LogP contribution in [0.3, 0.4) is 0 Å². The summed E-state index contributed by atoms with van der Waals surface area (Å²) in [7, 11) is 0. The molecular formula is C9H17NO2. The van der Waals surface area contributed by atoms with Gasteiger partial charge in [0.25, 0.3) is 0 Å². The van der Waals surface area contributed by atoms with Crippen molar-refractivity contribution < 1.29 is 9.53 Å². The minimum Gasteiger partial charge on any atom is -0.376 e. The lowest BCUT2D eigenvalue weighted by atomic mass is 10.0. The van der Waals surface area contributed by atoms with E-state index in [2.05, 4.69) is 4.90 Å². The molecule has 1 heterocycles. The Hall–Kier alpha value is -0.410. The van der Waals surface area contributed by atoms with Crippen molar-refractivity contribution in [1.82, 2.24) is 4.90 Å². The van der Waals surface area contributed by atoms with Crippen LogP contribution in [0.25, 0.3) is 0 Å². The second kappa shape index (κ2) is 3.54. The molecule has 1 atom stereocenters. The molecule has 0 unspecified atom stereocenters. The number of hydrogen-bond acceptors (Lipinski definition) is 3. The molecule has 0 saturated carbocycles. The number of nitrogens with zero attached hydrogens (tertiary/aromatic N) is 1. The van der Waals surface area contributed by atoms with Gasteiger partial charge in [-0.05, 0) is 20.8 Å². The van der Waals surface area contributed by atoms with Gasteiger partial charge in [0.05, 0.1) is 18.2 Å². The normalized spacial score (nSPS) is 27.1. The predicted molar refractivity (Wildman–Crippen MR) is 47.1 cm³/mol. The molecule has 1 fully saturated rings. The van der Waals surface area contributed by atoms with E-state index in [1.54, 1.807) is 0 Å². The molecule has 3 nitrogen and oxygen atoms in total. The first-order valence-electron chi connectivity index (χ1n) is 4.39. The van der Waals surface area contributed by atoms with Crippen molar-refractivity contribution in [3.63, 3.8) is 0 Å². The quantitative estimate of drug-likeness (QED) is 0.572. The Balaban J connectivity index is 2.56. The smallest absolute Gasteiger partial charge is 0.139 e. The monoisotopic (exact) mass is 171 g/mol. The molecular weight excluding hydrogens is 154 g/mol. The van der Waals surface area contributed by atoms with Crippen LogP contribution in [0.5, 0.6) is 0 Å². The summed E-state index contributed by atoms with van der Waals surface area (Å²) >= 11 is 0. The van der Waals surface area contributed by atoms with Crippen LogP contribution in [0.15, 0.2) is 0 Å². The summed E-state index contributed by atoms with van der Waals surface area (Å²) in [5.74, 6) is 0. The average molecular weight is 171 g/mol. The Morgan fingerprint density at radius 1 is 1.58 bits per heavy atom. The molecule has 0 N–H and O–H groups in total. The van der Waals surface area contributed by atoms with Crippen molar-refractivity contribution in [2.24, 2.45) is 0 Å². The minimum absolute atomic E-state index is 0.248. The molecule has 0 amide bonds. The minimum atomic E-state index is -0.335. The van der Waals surface area contributed by atoms with Crippen molar-refractivity contribution in [2.75, 3.05) is 19.7 Å². The molecule has 70 valence electrons. The Morgan fingerprint density at radius 3 is 2.75 bits per heavy atom. The van der Waals surface area contributed by atoms with Crippen LogP contribution in [0.2, 0.25) is 0 Å². The molecule has 1 rings (SSSR count). The van der Waals surface area contributed by atoms with Crippen LogP contribution < -0.4 is 0 Å². The average Bonchev–Trinajstić information content (AvgIpc) is 2.05. The SMILES string of the molecule is C[C@@H]1CN(C(C)(C)C=O)CCO1. The molecule has 1 saturated heterocycles. The number of carbonyl (C=O) groups excluding carboxylic acids is 1. The lowest BCUT2D eigenvalue weighted by molar-refractivity contribution is -0.122. The predicted octanol–water partition coefficient (Wildman–Crippen LogP) is 0.685. The molecule has 0 aromatic heterocycles. The zero-order valence-corrected chi connectivity index (χ0v) is 8.04. The fourth-order valence-electron chi connectivity index (χ4n) is 1.42. The molecule has 1 aliphatic heterocycles. The van der Waals surface area contributed by atoms with Crippen molar-refractivity contribution in [1.29, 1.82) is 0 Å². The number of ether oxygens (including phenoxy) is 1. The van der Waals surface area contributed by atoms with Gasteiger partial charge < -0.3 is 9.53 Å². The maximum absolute atomic E-state index is 10.8. The highest BCUT2D eigenvalue weighted by Gasteiger charge is 2.29. The molecule has 0 radical (unpaired) electrons. The summed E-state index contributed by atoms with van der Waals surface area (Å²) in [4.78, 5) is 12.9. The Bertz CT molecular complexity index is 168. The lowest BCUT2D eigenvalue weighted by Crippen LogP contribution is -2.53. The van der Waals surface area contributed by atoms with Crippen LogP contribution in [-0.2, 0) is 9.53 Å². The summed E-state index contributed by atoms with van der Waals surface area (Å²) in [6.07, 6.45) is 1.25.